The summed E-state index contributed by atoms with van der Waals surface area (Å²) in [7, 11) is 0. The van der Waals surface area contributed by atoms with Crippen molar-refractivity contribution in [3.63, 3.8) is 0 Å². The van der Waals surface area contributed by atoms with Crippen molar-refractivity contribution in [2.75, 3.05) is 5.73 Å². The number of hydrogen-bond donors (Lipinski definition) is 1. The molecule has 82 valence electrons. The molecule has 2 N–H and O–H groups in total. The van der Waals surface area contributed by atoms with E-state index in [4.69, 9.17) is 5.73 Å². The number of nitrogens with zero attached hydrogens (tertiary/aromatic N) is 2. The van der Waals surface area contributed by atoms with Gasteiger partial charge in [0.15, 0.2) is 0 Å². The lowest BCUT2D eigenvalue weighted by Crippen LogP contribution is -2.02. The highest BCUT2D eigenvalue weighted by molar-refractivity contribution is 9.10. The average molecular weight is 278 g/mol. The van der Waals surface area contributed by atoms with Crippen molar-refractivity contribution in [3.8, 4) is 5.69 Å². The molecule has 1 fully saturated rings. The summed E-state index contributed by atoms with van der Waals surface area (Å²) in [6, 6.07) is 7.99. The predicted octanol–water partition coefficient (Wildman–Crippen LogP) is 3.09. The van der Waals surface area contributed by atoms with Crippen molar-refractivity contribution >= 4 is 21.7 Å². The molecule has 1 heterocycles. The summed E-state index contributed by atoms with van der Waals surface area (Å²) in [6.07, 6.45) is 4.39. The molecule has 0 atom stereocenters. The minimum Gasteiger partial charge on any atom is -0.383 e. The fourth-order valence-electron chi connectivity index (χ4n) is 1.89. The topological polar surface area (TPSA) is 43.8 Å². The van der Waals surface area contributed by atoms with Gasteiger partial charge in [0.2, 0.25) is 0 Å². The summed E-state index contributed by atoms with van der Waals surface area (Å²) in [4.78, 5) is 0. The zero-order valence-corrected chi connectivity index (χ0v) is 10.3. The largest absolute Gasteiger partial charge is 0.383 e. The number of halogens is 1. The van der Waals surface area contributed by atoms with E-state index in [-0.39, 0.29) is 0 Å². The highest BCUT2D eigenvalue weighted by Gasteiger charge is 2.28. The number of rotatable bonds is 2. The van der Waals surface area contributed by atoms with Crippen LogP contribution in [0.4, 0.5) is 5.82 Å². The molecule has 1 saturated carbocycles. The molecule has 0 saturated heterocycles. The molecule has 0 aliphatic heterocycles. The summed E-state index contributed by atoms with van der Waals surface area (Å²) in [6.45, 7) is 0. The van der Waals surface area contributed by atoms with Gasteiger partial charge in [0.25, 0.3) is 0 Å². The van der Waals surface area contributed by atoms with Gasteiger partial charge in [0.1, 0.15) is 5.82 Å². The van der Waals surface area contributed by atoms with Crippen molar-refractivity contribution in [2.24, 2.45) is 0 Å². The first-order valence-electron chi connectivity index (χ1n) is 5.35. The van der Waals surface area contributed by atoms with E-state index in [1.165, 1.54) is 18.4 Å². The highest BCUT2D eigenvalue weighted by Crippen LogP contribution is 2.42. The number of nitrogens with two attached hydrogens (primary N) is 1. The Morgan fingerprint density at radius 2 is 2.19 bits per heavy atom. The minimum absolute atomic E-state index is 0.640. The van der Waals surface area contributed by atoms with E-state index in [9.17, 15) is 0 Å². The van der Waals surface area contributed by atoms with Crippen LogP contribution in [0.1, 0.15) is 24.3 Å². The van der Waals surface area contributed by atoms with Crippen LogP contribution in [-0.2, 0) is 0 Å². The zero-order valence-electron chi connectivity index (χ0n) is 8.73. The van der Waals surface area contributed by atoms with E-state index in [0.29, 0.717) is 5.92 Å². The molecule has 0 radical (unpaired) electrons. The third-order valence-electron chi connectivity index (χ3n) is 2.91. The molecule has 3 rings (SSSR count). The molecular weight excluding hydrogens is 266 g/mol. The Morgan fingerprint density at radius 3 is 2.88 bits per heavy atom. The molecule has 4 heteroatoms. The van der Waals surface area contributed by atoms with E-state index < -0.39 is 0 Å². The van der Waals surface area contributed by atoms with Crippen molar-refractivity contribution in [3.05, 3.63) is 40.5 Å². The van der Waals surface area contributed by atoms with Crippen molar-refractivity contribution in [1.82, 2.24) is 9.78 Å². The Morgan fingerprint density at radius 1 is 1.38 bits per heavy atom. The maximum absolute atomic E-state index is 6.11. The van der Waals surface area contributed by atoms with Gasteiger partial charge in [-0.05, 0) is 37.0 Å². The monoisotopic (exact) mass is 277 g/mol. The van der Waals surface area contributed by atoms with Crippen LogP contribution in [0.15, 0.2) is 34.9 Å². The van der Waals surface area contributed by atoms with Gasteiger partial charge in [-0.15, -0.1) is 0 Å². The molecule has 2 aromatic rings. The molecule has 1 aromatic heterocycles. The standard InChI is InChI=1S/C12H12BrN3/c13-9-2-1-3-10(6-9)16-12(14)11(7-15-16)8-4-5-8/h1-3,6-8H,4-5,14H2. The quantitative estimate of drug-likeness (QED) is 0.917. The molecule has 3 nitrogen and oxygen atoms in total. The van der Waals surface area contributed by atoms with Crippen LogP contribution in [0.3, 0.4) is 0 Å². The SMILES string of the molecule is Nc1c(C2CC2)cnn1-c1cccc(Br)c1. The highest BCUT2D eigenvalue weighted by atomic mass is 79.9. The Labute approximate surface area is 102 Å². The van der Waals surface area contributed by atoms with Gasteiger partial charge >= 0.3 is 0 Å². The predicted molar refractivity (Wildman–Crippen MR) is 67.7 cm³/mol. The van der Waals surface area contributed by atoms with Crippen LogP contribution in [0.25, 0.3) is 5.69 Å². The van der Waals surface area contributed by atoms with E-state index in [1.54, 1.807) is 4.68 Å². The Kier molecular flexibility index (Phi) is 2.24. The first kappa shape index (κ1) is 9.90. The molecule has 0 amide bonds. The fourth-order valence-corrected chi connectivity index (χ4v) is 2.28. The van der Waals surface area contributed by atoms with Gasteiger partial charge in [-0.2, -0.15) is 5.10 Å². The van der Waals surface area contributed by atoms with Gasteiger partial charge in [0.05, 0.1) is 11.9 Å². The van der Waals surface area contributed by atoms with E-state index in [1.807, 2.05) is 30.5 Å². The smallest absolute Gasteiger partial charge is 0.130 e. The van der Waals surface area contributed by atoms with Crippen LogP contribution in [0.2, 0.25) is 0 Å². The molecular formula is C12H12BrN3. The van der Waals surface area contributed by atoms with Crippen LogP contribution >= 0.6 is 15.9 Å². The molecule has 0 unspecified atom stereocenters. The van der Waals surface area contributed by atoms with Crippen LogP contribution in [-0.4, -0.2) is 9.78 Å². The van der Waals surface area contributed by atoms with E-state index >= 15 is 0 Å². The van der Waals surface area contributed by atoms with Crippen molar-refractivity contribution in [2.45, 2.75) is 18.8 Å². The first-order chi connectivity index (χ1) is 7.75. The number of nitrogen functional groups attached to an aromatic ring is 1. The molecule has 0 bridgehead atoms. The molecule has 1 aliphatic carbocycles. The third-order valence-corrected chi connectivity index (χ3v) is 3.40. The molecule has 1 aliphatic rings. The Balaban J connectivity index is 2.06. The molecule has 16 heavy (non-hydrogen) atoms. The second-order valence-corrected chi connectivity index (χ2v) is 5.07. The lowest BCUT2D eigenvalue weighted by Gasteiger charge is -2.05. The third kappa shape index (κ3) is 1.63. The normalized spacial score (nSPS) is 15.3. The van der Waals surface area contributed by atoms with E-state index in [0.717, 1.165) is 16.0 Å². The number of benzene rings is 1. The molecule has 0 spiro atoms. The fraction of sp³-hybridized carbons (Fsp3) is 0.250. The van der Waals surface area contributed by atoms with Crippen LogP contribution in [0, 0.1) is 0 Å². The second kappa shape index (κ2) is 3.63. The van der Waals surface area contributed by atoms with Crippen molar-refractivity contribution in [1.29, 1.82) is 0 Å². The summed E-state index contributed by atoms with van der Waals surface area (Å²) < 4.78 is 2.84. The van der Waals surface area contributed by atoms with Crippen LogP contribution < -0.4 is 5.73 Å². The summed E-state index contributed by atoms with van der Waals surface area (Å²) in [5.41, 5.74) is 8.30. The minimum atomic E-state index is 0.640. The lowest BCUT2D eigenvalue weighted by molar-refractivity contribution is 0.890. The summed E-state index contributed by atoms with van der Waals surface area (Å²) in [5, 5.41) is 4.36. The van der Waals surface area contributed by atoms with Crippen molar-refractivity contribution < 1.29 is 0 Å². The van der Waals surface area contributed by atoms with Gasteiger partial charge in [-0.1, -0.05) is 22.0 Å². The maximum atomic E-state index is 6.11. The van der Waals surface area contributed by atoms with Crippen LogP contribution in [0.5, 0.6) is 0 Å². The Bertz CT molecular complexity index is 529. The number of anilines is 1. The second-order valence-electron chi connectivity index (χ2n) is 4.15. The van der Waals surface area contributed by atoms with Gasteiger partial charge in [-0.25, -0.2) is 4.68 Å². The zero-order chi connectivity index (χ0) is 11.1. The maximum Gasteiger partial charge on any atom is 0.130 e. The first-order valence-corrected chi connectivity index (χ1v) is 6.14. The average Bonchev–Trinajstić information content (AvgIpc) is 3.03. The number of aromatic nitrogens is 2. The van der Waals surface area contributed by atoms with E-state index in [2.05, 4.69) is 21.0 Å². The Hall–Kier alpha value is -1.29. The summed E-state index contributed by atoms with van der Waals surface area (Å²) in [5.74, 6) is 1.42. The summed E-state index contributed by atoms with van der Waals surface area (Å²) >= 11 is 3.45. The molecule has 1 aromatic carbocycles. The van der Waals surface area contributed by atoms with Gasteiger partial charge in [-0.3, -0.25) is 0 Å². The lowest BCUT2D eigenvalue weighted by atomic mass is 10.2. The van der Waals surface area contributed by atoms with Gasteiger partial charge < -0.3 is 5.73 Å². The number of hydrogen-bond acceptors (Lipinski definition) is 2. The van der Waals surface area contributed by atoms with Gasteiger partial charge in [0, 0.05) is 10.0 Å².